The first-order chi connectivity index (χ1) is 5.00. The van der Waals surface area contributed by atoms with Gasteiger partial charge < -0.3 is 9.90 Å². The predicted molar refractivity (Wildman–Crippen MR) is 34.9 cm³/mol. The fraction of sp³-hybridized carbons (Fsp3) is 0.333. The monoisotopic (exact) mass is 194 g/mol. The second-order valence-corrected chi connectivity index (χ2v) is 1.45. The molecule has 0 aliphatic rings. The Kier molecular flexibility index (Phi) is 24.7. The van der Waals surface area contributed by atoms with Gasteiger partial charge in [-0.3, -0.25) is 0 Å². The van der Waals surface area contributed by atoms with Crippen LogP contribution in [0.4, 0.5) is 0 Å². The van der Waals surface area contributed by atoms with E-state index in [1.54, 1.807) is 0 Å². The Morgan fingerprint density at radius 1 is 1.36 bits per heavy atom. The van der Waals surface area contributed by atoms with Crippen LogP contribution in [0.25, 0.3) is 0 Å². The van der Waals surface area contributed by atoms with Gasteiger partial charge >= 0.3 is 29.7 Å². The van der Waals surface area contributed by atoms with Crippen molar-refractivity contribution in [3.05, 3.63) is 12.7 Å². The molecule has 4 nitrogen and oxygen atoms in total. The molecule has 1 N–H and O–H groups in total. The van der Waals surface area contributed by atoms with E-state index < -0.39 is 5.97 Å². The van der Waals surface area contributed by atoms with Crippen LogP contribution in [0.1, 0.15) is 13.8 Å². The summed E-state index contributed by atoms with van der Waals surface area (Å²) in [7, 11) is 0. The molecule has 0 aromatic carbocycles. The average molecular weight is 194 g/mol. The Morgan fingerprint density at radius 3 is 1.45 bits per heavy atom. The van der Waals surface area contributed by atoms with Crippen LogP contribution in [-0.2, 0) is 33.3 Å². The number of carboxylic acids is 1. The Labute approximate surface area is 77.0 Å². The maximum absolute atomic E-state index is 9.44. The van der Waals surface area contributed by atoms with Gasteiger partial charge in [0, 0.05) is 6.08 Å². The second-order valence-electron chi connectivity index (χ2n) is 1.45. The van der Waals surface area contributed by atoms with Crippen molar-refractivity contribution in [1.29, 1.82) is 0 Å². The fourth-order valence-electron chi connectivity index (χ4n) is 0. The molecule has 0 radical (unpaired) electrons. The van der Waals surface area contributed by atoms with E-state index in [-0.39, 0.29) is 5.78 Å². The van der Waals surface area contributed by atoms with Crippen LogP contribution in [0.5, 0.6) is 0 Å². The molecule has 0 unspecified atom stereocenters. The normalized spacial score (nSPS) is 5.55. The Morgan fingerprint density at radius 2 is 1.45 bits per heavy atom. The molecular formula is C6H10O4Ti. The predicted octanol–water partition coefficient (Wildman–Crippen LogP) is 0.731. The molecular weight excluding hydrogens is 184 g/mol. The molecule has 0 aromatic rings. The van der Waals surface area contributed by atoms with Crippen molar-refractivity contribution < 1.29 is 38.4 Å². The zero-order chi connectivity index (χ0) is 9.86. The molecule has 0 atom stereocenters. The summed E-state index contributed by atoms with van der Waals surface area (Å²) in [5.74, 6) is -0.815. The number of hydrogen-bond acceptors (Lipinski definition) is 3. The van der Waals surface area contributed by atoms with Crippen molar-refractivity contribution in [2.45, 2.75) is 13.8 Å². The summed E-state index contributed by atoms with van der Waals surface area (Å²) < 4.78 is 8.25. The molecule has 0 aliphatic carbocycles. The minimum absolute atomic E-state index is 0.167. The maximum atomic E-state index is 9.44. The van der Waals surface area contributed by atoms with Gasteiger partial charge in [-0.1, -0.05) is 6.58 Å². The van der Waals surface area contributed by atoms with E-state index in [4.69, 9.17) is 8.43 Å². The van der Waals surface area contributed by atoms with Crippen LogP contribution in [0.15, 0.2) is 12.7 Å². The van der Waals surface area contributed by atoms with Gasteiger partial charge in [0.05, 0.1) is 0 Å². The molecule has 62 valence electrons. The number of carbonyl (C=O) groups is 2. The molecule has 0 aliphatic heterocycles. The van der Waals surface area contributed by atoms with Crippen LogP contribution in [-0.4, -0.2) is 16.9 Å². The summed E-state index contributed by atoms with van der Waals surface area (Å²) in [4.78, 5) is 18.7. The van der Waals surface area contributed by atoms with E-state index >= 15 is 0 Å². The minimum atomic E-state index is -0.981. The van der Waals surface area contributed by atoms with Crippen molar-refractivity contribution in [3.8, 4) is 0 Å². The third-order valence-corrected chi connectivity index (χ3v) is 0.175. The van der Waals surface area contributed by atoms with Crippen molar-refractivity contribution in [1.82, 2.24) is 0 Å². The summed E-state index contributed by atoms with van der Waals surface area (Å²) in [5, 5.41) is 7.60. The van der Waals surface area contributed by atoms with E-state index in [2.05, 4.69) is 6.58 Å². The molecule has 0 fully saturated rings. The molecule has 0 amide bonds. The van der Waals surface area contributed by atoms with E-state index in [1.807, 2.05) is 0 Å². The number of carbonyl (C=O) groups excluding carboxylic acids is 1. The zero-order valence-electron chi connectivity index (χ0n) is 6.46. The molecule has 0 rings (SSSR count). The molecule has 11 heavy (non-hydrogen) atoms. The average Bonchev–Trinajstić information content (AvgIpc) is 1.91. The van der Waals surface area contributed by atoms with E-state index in [0.717, 1.165) is 26.5 Å². The van der Waals surface area contributed by atoms with Crippen LogP contribution >= 0.6 is 0 Å². The van der Waals surface area contributed by atoms with Gasteiger partial charge in [-0.05, 0) is 13.8 Å². The number of rotatable bonds is 1. The third kappa shape index (κ3) is 264. The number of hydrogen-bond donors (Lipinski definition) is 1. The Bertz CT molecular complexity index is 129. The molecule has 0 saturated carbocycles. The van der Waals surface area contributed by atoms with E-state index in [1.165, 1.54) is 13.8 Å². The summed E-state index contributed by atoms with van der Waals surface area (Å²) >= 11 is 0.750. The zero-order valence-corrected chi connectivity index (χ0v) is 8.02. The Balaban J connectivity index is -0.0000000965. The summed E-state index contributed by atoms with van der Waals surface area (Å²) in [6.45, 7) is 6.02. The van der Waals surface area contributed by atoms with Gasteiger partial charge in [-0.25, -0.2) is 4.79 Å². The molecule has 0 saturated heterocycles. The second kappa shape index (κ2) is 16.2. The SMILES string of the molecule is C=CC(=O)O.CC(C)=O.[O]=[Ti]. The third-order valence-electron chi connectivity index (χ3n) is 0.175. The summed E-state index contributed by atoms with van der Waals surface area (Å²) in [6, 6.07) is 0. The van der Waals surface area contributed by atoms with Crippen LogP contribution in [0.2, 0.25) is 0 Å². The Hall–Kier alpha value is -0.606. The molecule has 5 heteroatoms. The summed E-state index contributed by atoms with van der Waals surface area (Å²) in [5.41, 5.74) is 0. The van der Waals surface area contributed by atoms with Crippen molar-refractivity contribution in [2.24, 2.45) is 0 Å². The van der Waals surface area contributed by atoms with Crippen LogP contribution in [0, 0.1) is 0 Å². The topological polar surface area (TPSA) is 71.4 Å². The number of ketones is 1. The van der Waals surface area contributed by atoms with Gasteiger partial charge in [-0.2, -0.15) is 0 Å². The molecule has 0 bridgehead atoms. The fourth-order valence-corrected chi connectivity index (χ4v) is 0. The van der Waals surface area contributed by atoms with Gasteiger partial charge in [0.15, 0.2) is 0 Å². The first-order valence-corrected chi connectivity index (χ1v) is 3.17. The number of carboxylic acid groups (broad SMARTS) is 1. The number of Topliss-reactive ketones (excluding diaryl/α,β-unsaturated/α-hetero) is 1. The van der Waals surface area contributed by atoms with Gasteiger partial charge in [0.25, 0.3) is 0 Å². The van der Waals surface area contributed by atoms with E-state index in [0.29, 0.717) is 0 Å². The molecule has 0 aromatic heterocycles. The summed E-state index contributed by atoms with van der Waals surface area (Å²) in [6.07, 6.45) is 0.833. The van der Waals surface area contributed by atoms with Gasteiger partial charge in [0.1, 0.15) is 5.78 Å². The quantitative estimate of drug-likeness (QED) is 0.493. The molecule has 0 heterocycles. The van der Waals surface area contributed by atoms with Crippen LogP contribution in [0.3, 0.4) is 0 Å². The van der Waals surface area contributed by atoms with Gasteiger partial charge in [-0.15, -0.1) is 0 Å². The van der Waals surface area contributed by atoms with Crippen LogP contribution < -0.4 is 0 Å². The standard InChI is InChI=1S/C3H4O2.C3H6O.O.Ti/c1-2-3(4)5;1-3(2)4;;/h2H,1H2,(H,4,5);1-2H3;;. The van der Waals surface area contributed by atoms with Crippen molar-refractivity contribution in [2.75, 3.05) is 0 Å². The van der Waals surface area contributed by atoms with E-state index in [9.17, 15) is 9.59 Å². The van der Waals surface area contributed by atoms with Crippen molar-refractivity contribution in [3.63, 3.8) is 0 Å². The van der Waals surface area contributed by atoms with Gasteiger partial charge in [0.2, 0.25) is 0 Å². The van der Waals surface area contributed by atoms with Crippen molar-refractivity contribution >= 4 is 11.8 Å². The molecule has 0 spiro atoms. The first kappa shape index (κ1) is 16.8. The first-order valence-electron chi connectivity index (χ1n) is 2.53. The number of aliphatic carboxylic acids is 1.